The van der Waals surface area contributed by atoms with Gasteiger partial charge in [-0.05, 0) is 30.3 Å². The molecule has 0 saturated heterocycles. The second-order valence-corrected chi connectivity index (χ2v) is 5.15. The summed E-state index contributed by atoms with van der Waals surface area (Å²) in [5, 5.41) is 0.968. The van der Waals surface area contributed by atoms with E-state index >= 15 is 0 Å². The molecule has 22 heavy (non-hydrogen) atoms. The molecule has 0 fully saturated rings. The second-order valence-electron chi connectivity index (χ2n) is 4.71. The molecule has 0 aliphatic carbocycles. The van der Waals surface area contributed by atoms with Crippen molar-refractivity contribution in [3.05, 3.63) is 70.0 Å². The third-order valence-electron chi connectivity index (χ3n) is 3.18. The van der Waals surface area contributed by atoms with Crippen LogP contribution in [0.25, 0.3) is 10.9 Å². The van der Waals surface area contributed by atoms with Gasteiger partial charge < -0.3 is 4.74 Å². The lowest BCUT2D eigenvalue weighted by atomic mass is 10.2. The maximum Gasteiger partial charge on any atom is 0.261 e. The van der Waals surface area contributed by atoms with Crippen molar-refractivity contribution in [2.45, 2.75) is 6.54 Å². The number of aromatic nitrogens is 2. The zero-order chi connectivity index (χ0) is 15.5. The van der Waals surface area contributed by atoms with Crippen molar-refractivity contribution in [3.8, 4) is 5.75 Å². The van der Waals surface area contributed by atoms with E-state index < -0.39 is 5.82 Å². The summed E-state index contributed by atoms with van der Waals surface area (Å²) < 4.78 is 20.1. The lowest BCUT2D eigenvalue weighted by Gasteiger charge is -2.09. The minimum Gasteiger partial charge on any atom is -0.492 e. The fourth-order valence-corrected chi connectivity index (χ4v) is 2.29. The monoisotopic (exact) mass is 318 g/mol. The zero-order valence-corrected chi connectivity index (χ0v) is 12.3. The third kappa shape index (κ3) is 3.09. The van der Waals surface area contributed by atoms with E-state index in [1.54, 1.807) is 24.3 Å². The Kier molecular flexibility index (Phi) is 4.06. The smallest absolute Gasteiger partial charge is 0.261 e. The van der Waals surface area contributed by atoms with Crippen LogP contribution in [0.1, 0.15) is 0 Å². The van der Waals surface area contributed by atoms with Gasteiger partial charge >= 0.3 is 0 Å². The van der Waals surface area contributed by atoms with E-state index in [0.29, 0.717) is 34.8 Å². The maximum atomic E-state index is 13.1. The number of nitrogens with zero attached hydrogens (tertiary/aromatic N) is 2. The summed E-state index contributed by atoms with van der Waals surface area (Å²) in [5.74, 6) is 0.220. The SMILES string of the molecule is O=c1c2ccc(F)cc2ncn1CCOc1cccc(Cl)c1. The molecule has 1 aromatic heterocycles. The van der Waals surface area contributed by atoms with Gasteiger partial charge in [-0.2, -0.15) is 0 Å². The van der Waals surface area contributed by atoms with Crippen LogP contribution in [-0.4, -0.2) is 16.2 Å². The van der Waals surface area contributed by atoms with Crippen molar-refractivity contribution in [1.82, 2.24) is 9.55 Å². The standard InChI is InChI=1S/C16H12ClFN2O2/c17-11-2-1-3-13(8-11)22-7-6-20-10-19-15-9-12(18)4-5-14(15)16(20)21/h1-5,8-10H,6-7H2. The first-order chi connectivity index (χ1) is 10.6. The van der Waals surface area contributed by atoms with Gasteiger partial charge in [-0.15, -0.1) is 0 Å². The van der Waals surface area contributed by atoms with E-state index in [9.17, 15) is 9.18 Å². The van der Waals surface area contributed by atoms with Crippen LogP contribution in [-0.2, 0) is 6.54 Å². The van der Waals surface area contributed by atoms with Crippen LogP contribution >= 0.6 is 11.6 Å². The number of fused-ring (bicyclic) bond motifs is 1. The number of rotatable bonds is 4. The molecule has 4 nitrogen and oxygen atoms in total. The van der Waals surface area contributed by atoms with E-state index in [-0.39, 0.29) is 5.56 Å². The summed E-state index contributed by atoms with van der Waals surface area (Å²) in [7, 11) is 0. The zero-order valence-electron chi connectivity index (χ0n) is 11.5. The van der Waals surface area contributed by atoms with Gasteiger partial charge in [0.1, 0.15) is 18.2 Å². The van der Waals surface area contributed by atoms with Crippen LogP contribution in [0.3, 0.4) is 0 Å². The molecule has 0 bridgehead atoms. The first-order valence-electron chi connectivity index (χ1n) is 6.66. The minimum atomic E-state index is -0.415. The molecule has 112 valence electrons. The Bertz CT molecular complexity index is 879. The quantitative estimate of drug-likeness (QED) is 0.741. The number of ether oxygens (including phenoxy) is 1. The molecular weight excluding hydrogens is 307 g/mol. The Morgan fingerprint density at radius 2 is 2.09 bits per heavy atom. The van der Waals surface area contributed by atoms with E-state index in [4.69, 9.17) is 16.3 Å². The molecule has 0 saturated carbocycles. The number of halogens is 2. The first kappa shape index (κ1) is 14.5. The molecule has 0 unspecified atom stereocenters. The normalized spacial score (nSPS) is 10.8. The highest BCUT2D eigenvalue weighted by atomic mass is 35.5. The van der Waals surface area contributed by atoms with E-state index in [1.807, 2.05) is 0 Å². The Hall–Kier alpha value is -2.40. The minimum absolute atomic E-state index is 0.223. The predicted molar refractivity (Wildman–Crippen MR) is 82.9 cm³/mol. The number of hydrogen-bond acceptors (Lipinski definition) is 3. The highest BCUT2D eigenvalue weighted by Crippen LogP contribution is 2.17. The Morgan fingerprint density at radius 3 is 2.91 bits per heavy atom. The van der Waals surface area contributed by atoms with E-state index in [2.05, 4.69) is 4.98 Å². The molecule has 3 aromatic rings. The average Bonchev–Trinajstić information content (AvgIpc) is 2.49. The molecule has 2 aromatic carbocycles. The van der Waals surface area contributed by atoms with Crippen LogP contribution in [0.2, 0.25) is 5.02 Å². The van der Waals surface area contributed by atoms with Crippen LogP contribution in [0, 0.1) is 5.82 Å². The van der Waals surface area contributed by atoms with Crippen LogP contribution < -0.4 is 10.3 Å². The predicted octanol–water partition coefficient (Wildman–Crippen LogP) is 3.27. The van der Waals surface area contributed by atoms with Gasteiger partial charge in [0.15, 0.2) is 0 Å². The van der Waals surface area contributed by atoms with Crippen molar-refractivity contribution >= 4 is 22.5 Å². The highest BCUT2D eigenvalue weighted by molar-refractivity contribution is 6.30. The van der Waals surface area contributed by atoms with Crippen molar-refractivity contribution in [1.29, 1.82) is 0 Å². The Morgan fingerprint density at radius 1 is 1.23 bits per heavy atom. The molecule has 1 heterocycles. The molecule has 0 radical (unpaired) electrons. The summed E-state index contributed by atoms with van der Waals surface area (Å²) in [4.78, 5) is 16.3. The maximum absolute atomic E-state index is 13.1. The van der Waals surface area contributed by atoms with Crippen LogP contribution in [0.4, 0.5) is 4.39 Å². The summed E-state index contributed by atoms with van der Waals surface area (Å²) in [6, 6.07) is 11.0. The van der Waals surface area contributed by atoms with Gasteiger partial charge in [0.2, 0.25) is 0 Å². The molecule has 3 rings (SSSR count). The van der Waals surface area contributed by atoms with Gasteiger partial charge in [-0.25, -0.2) is 9.37 Å². The summed E-state index contributed by atoms with van der Waals surface area (Å²) in [6.45, 7) is 0.639. The third-order valence-corrected chi connectivity index (χ3v) is 3.42. The van der Waals surface area contributed by atoms with Crippen molar-refractivity contribution < 1.29 is 9.13 Å². The number of hydrogen-bond donors (Lipinski definition) is 0. The molecule has 0 spiro atoms. The van der Waals surface area contributed by atoms with Crippen molar-refractivity contribution in [2.75, 3.05) is 6.61 Å². The van der Waals surface area contributed by atoms with E-state index in [1.165, 1.54) is 29.1 Å². The first-order valence-corrected chi connectivity index (χ1v) is 7.04. The second kappa shape index (κ2) is 6.15. The lowest BCUT2D eigenvalue weighted by Crippen LogP contribution is -2.23. The molecule has 0 aliphatic heterocycles. The summed E-state index contributed by atoms with van der Waals surface area (Å²) >= 11 is 5.87. The van der Waals surface area contributed by atoms with Gasteiger partial charge in [0.25, 0.3) is 5.56 Å². The van der Waals surface area contributed by atoms with Gasteiger partial charge in [0, 0.05) is 11.1 Å². The molecular formula is C16H12ClFN2O2. The van der Waals surface area contributed by atoms with Gasteiger partial charge in [0.05, 0.1) is 23.8 Å². The molecule has 0 amide bonds. The fourth-order valence-electron chi connectivity index (χ4n) is 2.11. The highest BCUT2D eigenvalue weighted by Gasteiger charge is 2.05. The Labute approximate surface area is 130 Å². The largest absolute Gasteiger partial charge is 0.492 e. The van der Waals surface area contributed by atoms with E-state index in [0.717, 1.165) is 0 Å². The van der Waals surface area contributed by atoms with Crippen molar-refractivity contribution in [3.63, 3.8) is 0 Å². The van der Waals surface area contributed by atoms with Gasteiger partial charge in [-0.1, -0.05) is 17.7 Å². The molecule has 0 atom stereocenters. The van der Waals surface area contributed by atoms with Crippen molar-refractivity contribution in [2.24, 2.45) is 0 Å². The average molecular weight is 319 g/mol. The molecule has 0 N–H and O–H groups in total. The van der Waals surface area contributed by atoms with Crippen LogP contribution in [0.5, 0.6) is 5.75 Å². The topological polar surface area (TPSA) is 44.1 Å². The molecule has 0 aliphatic rings. The fraction of sp³-hybridized carbons (Fsp3) is 0.125. The molecule has 6 heteroatoms. The Balaban J connectivity index is 1.75. The summed E-state index contributed by atoms with van der Waals surface area (Å²) in [6.07, 6.45) is 1.39. The lowest BCUT2D eigenvalue weighted by molar-refractivity contribution is 0.296. The van der Waals surface area contributed by atoms with Gasteiger partial charge in [-0.3, -0.25) is 9.36 Å². The van der Waals surface area contributed by atoms with Crippen LogP contribution in [0.15, 0.2) is 53.6 Å². The number of benzene rings is 2. The summed E-state index contributed by atoms with van der Waals surface area (Å²) in [5.41, 5.74) is 0.122.